The Bertz CT molecular complexity index is 516. The quantitative estimate of drug-likeness (QED) is 0.686. The maximum atomic E-state index is 12.0. The Balaban J connectivity index is 1.76. The molecule has 22 heavy (non-hydrogen) atoms. The van der Waals surface area contributed by atoms with Gasteiger partial charge in [-0.05, 0) is 26.7 Å². The van der Waals surface area contributed by atoms with Crippen LogP contribution in [0.5, 0.6) is 0 Å². The largest absolute Gasteiger partial charge is 0.360 e. The number of nitrogens with one attached hydrogen (secondary N) is 3. The molecule has 1 atom stereocenters. The fourth-order valence-electron chi connectivity index (χ4n) is 2.19. The Morgan fingerprint density at radius 1 is 1.36 bits per heavy atom. The maximum absolute atomic E-state index is 12.0. The van der Waals surface area contributed by atoms with Gasteiger partial charge in [0.05, 0.1) is 5.25 Å². The number of nitrogens with zero attached hydrogens (tertiary/aromatic N) is 2. The van der Waals surface area contributed by atoms with Gasteiger partial charge in [0, 0.05) is 12.6 Å². The molecule has 0 spiro atoms. The van der Waals surface area contributed by atoms with E-state index in [4.69, 9.17) is 0 Å². The molecule has 0 aromatic carbocycles. The van der Waals surface area contributed by atoms with Crippen LogP contribution in [0.4, 0.5) is 9.93 Å². The molecular formula is C13H21N5O2S2. The van der Waals surface area contributed by atoms with E-state index in [9.17, 15) is 9.59 Å². The summed E-state index contributed by atoms with van der Waals surface area (Å²) < 4.78 is 0.704. The highest BCUT2D eigenvalue weighted by Gasteiger charge is 2.22. The van der Waals surface area contributed by atoms with Crippen molar-refractivity contribution in [2.45, 2.75) is 55.2 Å². The number of imide groups is 1. The molecule has 9 heteroatoms. The lowest BCUT2D eigenvalue weighted by molar-refractivity contribution is -0.119. The topological polar surface area (TPSA) is 96.0 Å². The van der Waals surface area contributed by atoms with E-state index in [-0.39, 0.29) is 11.9 Å². The first kappa shape index (κ1) is 17.0. The number of hydrogen-bond acceptors (Lipinski definition) is 7. The van der Waals surface area contributed by atoms with Crippen molar-refractivity contribution in [2.24, 2.45) is 0 Å². The van der Waals surface area contributed by atoms with Crippen molar-refractivity contribution in [3.05, 3.63) is 0 Å². The van der Waals surface area contributed by atoms with Gasteiger partial charge in [0.25, 0.3) is 0 Å². The monoisotopic (exact) mass is 343 g/mol. The predicted molar refractivity (Wildman–Crippen MR) is 88.3 cm³/mol. The Hall–Kier alpha value is -1.35. The van der Waals surface area contributed by atoms with E-state index < -0.39 is 11.3 Å². The summed E-state index contributed by atoms with van der Waals surface area (Å²) in [5.41, 5.74) is 0. The van der Waals surface area contributed by atoms with Crippen molar-refractivity contribution >= 4 is 40.2 Å². The van der Waals surface area contributed by atoms with Crippen molar-refractivity contribution in [2.75, 3.05) is 11.9 Å². The fourth-order valence-corrected chi connectivity index (χ4v) is 4.15. The second-order valence-electron chi connectivity index (χ2n) is 5.11. The van der Waals surface area contributed by atoms with E-state index in [1.54, 1.807) is 6.92 Å². The van der Waals surface area contributed by atoms with Crippen LogP contribution in [0.25, 0.3) is 0 Å². The number of thioether (sulfide) groups is 1. The number of amides is 3. The Labute approximate surface area is 138 Å². The summed E-state index contributed by atoms with van der Waals surface area (Å²) in [6.45, 7) is 4.50. The third-order valence-corrected chi connectivity index (χ3v) is 5.37. The summed E-state index contributed by atoms with van der Waals surface area (Å²) in [5.74, 6) is -0.319. The van der Waals surface area contributed by atoms with Crippen LogP contribution < -0.4 is 16.0 Å². The van der Waals surface area contributed by atoms with Crippen molar-refractivity contribution in [1.82, 2.24) is 20.8 Å². The van der Waals surface area contributed by atoms with Gasteiger partial charge in [0.1, 0.15) is 0 Å². The van der Waals surface area contributed by atoms with Gasteiger partial charge in [0.2, 0.25) is 11.0 Å². The molecule has 0 aliphatic heterocycles. The molecule has 7 nitrogen and oxygen atoms in total. The highest BCUT2D eigenvalue weighted by Crippen LogP contribution is 2.28. The molecular weight excluding hydrogens is 322 g/mol. The summed E-state index contributed by atoms with van der Waals surface area (Å²) >= 11 is 2.69. The van der Waals surface area contributed by atoms with Crippen LogP contribution in [0.3, 0.4) is 0 Å². The normalized spacial score (nSPS) is 16.3. The Morgan fingerprint density at radius 3 is 2.77 bits per heavy atom. The number of carbonyl (C=O) groups excluding carboxylic acids is 2. The van der Waals surface area contributed by atoms with Crippen LogP contribution in [0.1, 0.15) is 39.5 Å². The molecule has 1 saturated carbocycles. The molecule has 1 aromatic heterocycles. The van der Waals surface area contributed by atoms with Crippen LogP contribution in [-0.2, 0) is 4.79 Å². The zero-order valence-electron chi connectivity index (χ0n) is 12.7. The van der Waals surface area contributed by atoms with Crippen LogP contribution in [0.2, 0.25) is 0 Å². The van der Waals surface area contributed by atoms with Crippen LogP contribution in [0.15, 0.2) is 4.34 Å². The van der Waals surface area contributed by atoms with E-state index in [0.29, 0.717) is 4.34 Å². The van der Waals surface area contributed by atoms with E-state index >= 15 is 0 Å². The van der Waals surface area contributed by atoms with E-state index in [2.05, 4.69) is 26.1 Å². The van der Waals surface area contributed by atoms with Gasteiger partial charge in [-0.15, -0.1) is 10.2 Å². The van der Waals surface area contributed by atoms with E-state index in [1.807, 2.05) is 6.92 Å². The summed E-state index contributed by atoms with van der Waals surface area (Å²) in [6.07, 6.45) is 4.25. The molecule has 3 amide bonds. The lowest BCUT2D eigenvalue weighted by Crippen LogP contribution is -2.45. The summed E-state index contributed by atoms with van der Waals surface area (Å²) in [4.78, 5) is 23.8. The average molecular weight is 343 g/mol. The first-order valence-corrected chi connectivity index (χ1v) is 9.13. The third kappa shape index (κ3) is 5.13. The third-order valence-electron chi connectivity index (χ3n) is 3.31. The second kappa shape index (κ2) is 8.33. The van der Waals surface area contributed by atoms with Gasteiger partial charge in [0.15, 0.2) is 4.34 Å². The fraction of sp³-hybridized carbons (Fsp3) is 0.692. The van der Waals surface area contributed by atoms with Crippen molar-refractivity contribution in [3.8, 4) is 0 Å². The maximum Gasteiger partial charge on any atom is 0.321 e. The Morgan fingerprint density at radius 2 is 2.09 bits per heavy atom. The molecule has 0 radical (unpaired) electrons. The second-order valence-corrected chi connectivity index (χ2v) is 7.67. The highest BCUT2D eigenvalue weighted by atomic mass is 32.2. The predicted octanol–water partition coefficient (Wildman–Crippen LogP) is 2.22. The smallest absolute Gasteiger partial charge is 0.321 e. The number of hydrogen-bond donors (Lipinski definition) is 3. The van der Waals surface area contributed by atoms with Crippen molar-refractivity contribution < 1.29 is 9.59 Å². The lowest BCUT2D eigenvalue weighted by Gasteiger charge is -2.14. The van der Waals surface area contributed by atoms with Gasteiger partial charge in [-0.2, -0.15) is 0 Å². The van der Waals surface area contributed by atoms with E-state index in [1.165, 1.54) is 23.1 Å². The zero-order chi connectivity index (χ0) is 15.9. The highest BCUT2D eigenvalue weighted by molar-refractivity contribution is 8.02. The molecule has 0 saturated heterocycles. The van der Waals surface area contributed by atoms with Gasteiger partial charge in [-0.3, -0.25) is 10.1 Å². The van der Waals surface area contributed by atoms with Crippen molar-refractivity contribution in [3.63, 3.8) is 0 Å². The Kier molecular flexibility index (Phi) is 6.44. The number of anilines is 1. The molecule has 2 rings (SSSR count). The molecule has 3 N–H and O–H groups in total. The number of rotatable bonds is 6. The van der Waals surface area contributed by atoms with Crippen LogP contribution in [-0.4, -0.2) is 40.0 Å². The van der Waals surface area contributed by atoms with Crippen LogP contribution >= 0.6 is 23.1 Å². The van der Waals surface area contributed by atoms with Crippen LogP contribution in [0, 0.1) is 0 Å². The zero-order valence-corrected chi connectivity index (χ0v) is 14.4. The first-order valence-electron chi connectivity index (χ1n) is 7.44. The number of aromatic nitrogens is 2. The number of carbonyl (C=O) groups is 2. The standard InChI is InChI=1S/C13H21N5O2S2/c1-3-14-12-17-18-13(22-12)21-8(2)10(19)16-11(20)15-9-6-4-5-7-9/h8-9H,3-7H2,1-2H3,(H,14,17)(H2,15,16,19,20)/t8-/m0/s1. The molecule has 1 aliphatic rings. The van der Waals surface area contributed by atoms with Crippen molar-refractivity contribution in [1.29, 1.82) is 0 Å². The van der Waals surface area contributed by atoms with Gasteiger partial charge in [-0.25, -0.2) is 4.79 Å². The van der Waals surface area contributed by atoms with Gasteiger partial charge < -0.3 is 10.6 Å². The summed E-state index contributed by atoms with van der Waals surface area (Å²) in [6, 6.07) is -0.212. The summed E-state index contributed by atoms with van der Waals surface area (Å²) in [7, 11) is 0. The average Bonchev–Trinajstić information content (AvgIpc) is 3.11. The minimum atomic E-state index is -0.407. The first-order chi connectivity index (χ1) is 10.6. The molecule has 0 bridgehead atoms. The molecule has 1 heterocycles. The minimum absolute atomic E-state index is 0.196. The summed E-state index contributed by atoms with van der Waals surface area (Å²) in [5, 5.41) is 16.6. The molecule has 122 valence electrons. The van der Waals surface area contributed by atoms with Gasteiger partial charge in [-0.1, -0.05) is 35.9 Å². The molecule has 0 unspecified atom stereocenters. The SMILES string of the molecule is CCNc1nnc(S[C@@H](C)C(=O)NC(=O)NC2CCCC2)s1. The molecule has 1 aromatic rings. The number of urea groups is 1. The van der Waals surface area contributed by atoms with E-state index in [0.717, 1.165) is 37.4 Å². The molecule has 1 fully saturated rings. The molecule has 1 aliphatic carbocycles. The lowest BCUT2D eigenvalue weighted by atomic mass is 10.2. The minimum Gasteiger partial charge on any atom is -0.360 e. The van der Waals surface area contributed by atoms with Gasteiger partial charge >= 0.3 is 6.03 Å².